The number of rotatable bonds is 7. The molecule has 2 nitrogen and oxygen atoms in total. The van der Waals surface area contributed by atoms with Gasteiger partial charge < -0.3 is 10.4 Å². The van der Waals surface area contributed by atoms with Crippen LogP contribution in [0.2, 0.25) is 0 Å². The Kier molecular flexibility index (Phi) is 5.29. The predicted octanol–water partition coefficient (Wildman–Crippen LogP) is 2.64. The van der Waals surface area contributed by atoms with Crippen molar-refractivity contribution in [3.8, 4) is 0 Å². The summed E-state index contributed by atoms with van der Waals surface area (Å²) >= 11 is 1.77. The van der Waals surface area contributed by atoms with Gasteiger partial charge in [-0.1, -0.05) is 19.9 Å². The van der Waals surface area contributed by atoms with E-state index in [9.17, 15) is 5.11 Å². The van der Waals surface area contributed by atoms with Crippen LogP contribution in [-0.4, -0.2) is 18.3 Å². The average molecular weight is 227 g/mol. The summed E-state index contributed by atoms with van der Waals surface area (Å²) < 4.78 is 0. The maximum absolute atomic E-state index is 9.40. The Hall–Kier alpha value is -0.380. The lowest BCUT2D eigenvalue weighted by atomic mass is 9.83. The number of hydrogen-bond acceptors (Lipinski definition) is 3. The van der Waals surface area contributed by atoms with Gasteiger partial charge in [0.25, 0.3) is 0 Å². The second-order valence-electron chi connectivity index (χ2n) is 4.05. The maximum Gasteiger partial charge on any atom is 0.0499 e. The standard InChI is InChI=1S/C12H21NOS/c1-3-12(4-2,10-14)9-13-8-11-6-5-7-15-11/h5-7,13-14H,3-4,8-10H2,1-2H3. The molecule has 86 valence electrons. The summed E-state index contributed by atoms with van der Waals surface area (Å²) in [5, 5.41) is 14.9. The van der Waals surface area contributed by atoms with E-state index < -0.39 is 0 Å². The molecule has 0 radical (unpaired) electrons. The molecule has 0 aliphatic carbocycles. The summed E-state index contributed by atoms with van der Waals surface area (Å²) in [4.78, 5) is 1.36. The Morgan fingerprint density at radius 1 is 1.40 bits per heavy atom. The zero-order chi connectivity index (χ0) is 11.1. The second kappa shape index (κ2) is 6.26. The van der Waals surface area contributed by atoms with E-state index in [1.807, 2.05) is 0 Å². The van der Waals surface area contributed by atoms with Crippen molar-refractivity contribution in [2.24, 2.45) is 5.41 Å². The minimum Gasteiger partial charge on any atom is -0.396 e. The number of hydrogen-bond donors (Lipinski definition) is 2. The minimum absolute atomic E-state index is 0.0667. The van der Waals surface area contributed by atoms with Gasteiger partial charge in [-0.15, -0.1) is 11.3 Å². The summed E-state index contributed by atoms with van der Waals surface area (Å²) in [5.41, 5.74) is 0.0667. The molecule has 0 saturated carbocycles. The van der Waals surface area contributed by atoms with Crippen LogP contribution in [0.15, 0.2) is 17.5 Å². The van der Waals surface area contributed by atoms with E-state index >= 15 is 0 Å². The Morgan fingerprint density at radius 2 is 2.13 bits per heavy atom. The second-order valence-corrected chi connectivity index (χ2v) is 5.08. The average Bonchev–Trinajstić information content (AvgIpc) is 2.78. The Labute approximate surface area is 96.3 Å². The topological polar surface area (TPSA) is 32.3 Å². The quantitative estimate of drug-likeness (QED) is 0.750. The first-order valence-electron chi connectivity index (χ1n) is 5.60. The fourth-order valence-electron chi connectivity index (χ4n) is 1.64. The summed E-state index contributed by atoms with van der Waals surface area (Å²) in [6.07, 6.45) is 2.05. The number of thiophene rings is 1. The van der Waals surface area contributed by atoms with Crippen LogP contribution in [-0.2, 0) is 6.54 Å². The molecule has 15 heavy (non-hydrogen) atoms. The molecule has 1 heterocycles. The molecule has 2 N–H and O–H groups in total. The SMILES string of the molecule is CCC(CC)(CO)CNCc1cccs1. The van der Waals surface area contributed by atoms with Crippen molar-refractivity contribution in [3.63, 3.8) is 0 Å². The van der Waals surface area contributed by atoms with E-state index in [0.717, 1.165) is 25.9 Å². The first kappa shape index (κ1) is 12.7. The van der Waals surface area contributed by atoms with Gasteiger partial charge >= 0.3 is 0 Å². The third kappa shape index (κ3) is 3.59. The summed E-state index contributed by atoms with van der Waals surface area (Å²) in [6, 6.07) is 4.21. The zero-order valence-electron chi connectivity index (χ0n) is 9.62. The van der Waals surface area contributed by atoms with Crippen molar-refractivity contribution < 1.29 is 5.11 Å². The number of aliphatic hydroxyl groups excluding tert-OH is 1. The van der Waals surface area contributed by atoms with E-state index in [2.05, 4.69) is 36.7 Å². The molecule has 0 aromatic carbocycles. The highest BCUT2D eigenvalue weighted by molar-refractivity contribution is 7.09. The lowest BCUT2D eigenvalue weighted by molar-refractivity contribution is 0.113. The van der Waals surface area contributed by atoms with Crippen molar-refractivity contribution in [1.29, 1.82) is 0 Å². The fourth-order valence-corrected chi connectivity index (χ4v) is 2.32. The van der Waals surface area contributed by atoms with Crippen LogP contribution in [0.4, 0.5) is 0 Å². The molecule has 0 unspecified atom stereocenters. The molecule has 0 spiro atoms. The first-order chi connectivity index (χ1) is 7.26. The van der Waals surface area contributed by atoms with Crippen LogP contribution in [0.25, 0.3) is 0 Å². The van der Waals surface area contributed by atoms with Crippen LogP contribution in [0.3, 0.4) is 0 Å². The van der Waals surface area contributed by atoms with Gasteiger partial charge in [0.1, 0.15) is 0 Å². The minimum atomic E-state index is 0.0667. The molecular formula is C12H21NOS. The van der Waals surface area contributed by atoms with Gasteiger partial charge in [-0.3, -0.25) is 0 Å². The highest BCUT2D eigenvalue weighted by Crippen LogP contribution is 2.24. The molecule has 0 fully saturated rings. The van der Waals surface area contributed by atoms with Crippen molar-refractivity contribution in [2.45, 2.75) is 33.2 Å². The number of nitrogens with one attached hydrogen (secondary N) is 1. The lowest BCUT2D eigenvalue weighted by Crippen LogP contribution is -2.36. The molecule has 1 aromatic heterocycles. The highest BCUT2D eigenvalue weighted by atomic mass is 32.1. The molecule has 3 heteroatoms. The molecule has 0 atom stereocenters. The van der Waals surface area contributed by atoms with E-state index in [4.69, 9.17) is 0 Å². The molecular weight excluding hydrogens is 206 g/mol. The molecule has 0 aliphatic heterocycles. The number of aliphatic hydroxyl groups is 1. The van der Waals surface area contributed by atoms with Gasteiger partial charge in [-0.25, -0.2) is 0 Å². The lowest BCUT2D eigenvalue weighted by Gasteiger charge is -2.29. The van der Waals surface area contributed by atoms with E-state index in [1.54, 1.807) is 11.3 Å². The Balaban J connectivity index is 2.34. The first-order valence-corrected chi connectivity index (χ1v) is 6.48. The van der Waals surface area contributed by atoms with Crippen molar-refractivity contribution in [1.82, 2.24) is 5.32 Å². The van der Waals surface area contributed by atoms with E-state index in [0.29, 0.717) is 0 Å². The van der Waals surface area contributed by atoms with E-state index in [-0.39, 0.29) is 12.0 Å². The normalized spacial score (nSPS) is 11.9. The molecule has 1 aromatic rings. The highest BCUT2D eigenvalue weighted by Gasteiger charge is 2.24. The molecule has 0 aliphatic rings. The van der Waals surface area contributed by atoms with Gasteiger partial charge in [0.15, 0.2) is 0 Å². The largest absolute Gasteiger partial charge is 0.396 e. The summed E-state index contributed by atoms with van der Waals surface area (Å²) in [6.45, 7) is 6.38. The molecule has 0 bridgehead atoms. The maximum atomic E-state index is 9.40. The molecule has 0 amide bonds. The zero-order valence-corrected chi connectivity index (χ0v) is 10.4. The molecule has 1 rings (SSSR count). The summed E-state index contributed by atoms with van der Waals surface area (Å²) in [5.74, 6) is 0. The summed E-state index contributed by atoms with van der Waals surface area (Å²) in [7, 11) is 0. The van der Waals surface area contributed by atoms with Gasteiger partial charge in [0, 0.05) is 30.0 Å². The van der Waals surface area contributed by atoms with Gasteiger partial charge in [0.2, 0.25) is 0 Å². The van der Waals surface area contributed by atoms with Crippen LogP contribution in [0.1, 0.15) is 31.6 Å². The fraction of sp³-hybridized carbons (Fsp3) is 0.667. The van der Waals surface area contributed by atoms with Crippen molar-refractivity contribution >= 4 is 11.3 Å². The predicted molar refractivity (Wildman–Crippen MR) is 66.1 cm³/mol. The van der Waals surface area contributed by atoms with Crippen molar-refractivity contribution in [3.05, 3.63) is 22.4 Å². The van der Waals surface area contributed by atoms with Crippen LogP contribution in [0, 0.1) is 5.41 Å². The Bertz CT molecular complexity index is 246. The van der Waals surface area contributed by atoms with Crippen LogP contribution >= 0.6 is 11.3 Å². The Morgan fingerprint density at radius 3 is 2.60 bits per heavy atom. The van der Waals surface area contributed by atoms with Gasteiger partial charge in [0.05, 0.1) is 0 Å². The van der Waals surface area contributed by atoms with Gasteiger partial charge in [-0.2, -0.15) is 0 Å². The van der Waals surface area contributed by atoms with E-state index in [1.165, 1.54) is 4.88 Å². The smallest absolute Gasteiger partial charge is 0.0499 e. The van der Waals surface area contributed by atoms with Crippen molar-refractivity contribution in [2.75, 3.05) is 13.2 Å². The third-order valence-electron chi connectivity index (χ3n) is 3.21. The van der Waals surface area contributed by atoms with Crippen LogP contribution in [0.5, 0.6) is 0 Å². The third-order valence-corrected chi connectivity index (χ3v) is 4.09. The monoisotopic (exact) mass is 227 g/mol. The molecule has 0 saturated heterocycles. The van der Waals surface area contributed by atoms with Crippen LogP contribution < -0.4 is 5.32 Å². The van der Waals surface area contributed by atoms with Gasteiger partial charge in [-0.05, 0) is 24.3 Å².